The highest BCUT2D eigenvalue weighted by Crippen LogP contribution is 2.32. The summed E-state index contributed by atoms with van der Waals surface area (Å²) in [7, 11) is 0. The van der Waals surface area contributed by atoms with E-state index in [4.69, 9.17) is 0 Å². The van der Waals surface area contributed by atoms with Crippen LogP contribution in [-0.2, 0) is 0 Å². The van der Waals surface area contributed by atoms with E-state index in [1.165, 1.54) is 59.6 Å². The molecule has 416 valence electrons. The number of fused-ring (bicyclic) bond motifs is 1. The van der Waals surface area contributed by atoms with E-state index < -0.39 is 0 Å². The van der Waals surface area contributed by atoms with E-state index in [9.17, 15) is 4.79 Å². The zero-order valence-electron chi connectivity index (χ0n) is 52.1. The minimum atomic E-state index is 0.0983. The molecule has 0 aliphatic rings. The van der Waals surface area contributed by atoms with Gasteiger partial charge in [0.15, 0.2) is 0 Å². The Morgan fingerprint density at radius 2 is 0.750 bits per heavy atom. The van der Waals surface area contributed by atoms with Gasteiger partial charge in [0.1, 0.15) is 5.82 Å². The molecule has 0 saturated carbocycles. The molecular formula is C70H104N4OS. The zero-order chi connectivity index (χ0) is 57.6. The third-order valence-electron chi connectivity index (χ3n) is 13.4. The molecule has 0 N–H and O–H groups in total. The van der Waals surface area contributed by atoms with Gasteiger partial charge in [0, 0.05) is 58.3 Å². The molecule has 0 bridgehead atoms. The Balaban J connectivity index is 0.000000313. The van der Waals surface area contributed by atoms with Gasteiger partial charge in [-0.05, 0) is 147 Å². The first-order chi connectivity index (χ1) is 35.6. The van der Waals surface area contributed by atoms with Crippen LogP contribution < -0.4 is 5.56 Å². The lowest BCUT2D eigenvalue weighted by Gasteiger charge is -2.15. The molecule has 0 aliphatic heterocycles. The second-order valence-electron chi connectivity index (χ2n) is 24.1. The quantitative estimate of drug-likeness (QED) is 0.122. The van der Waals surface area contributed by atoms with Crippen molar-refractivity contribution >= 4 is 22.1 Å². The first-order valence-electron chi connectivity index (χ1n) is 28.8. The summed E-state index contributed by atoms with van der Waals surface area (Å²) in [5.41, 5.74) is 10.7. The minimum absolute atomic E-state index is 0.0983. The monoisotopic (exact) mass is 1050 g/mol. The summed E-state index contributed by atoms with van der Waals surface area (Å²) in [5.74, 6) is 7.26. The van der Waals surface area contributed by atoms with E-state index in [0.29, 0.717) is 65.1 Å². The summed E-state index contributed by atoms with van der Waals surface area (Å²) in [4.78, 5) is 27.5. The topological polar surface area (TPSA) is 60.7 Å². The van der Waals surface area contributed by atoms with Crippen molar-refractivity contribution in [2.24, 2.45) is 0 Å². The van der Waals surface area contributed by atoms with Gasteiger partial charge in [-0.25, -0.2) is 9.97 Å². The molecular weight excluding hydrogens is 945 g/mol. The van der Waals surface area contributed by atoms with Gasteiger partial charge in [0.25, 0.3) is 5.56 Å². The third-order valence-corrected chi connectivity index (χ3v) is 15.1. The lowest BCUT2D eigenvalue weighted by molar-refractivity contribution is 0.575. The molecule has 0 atom stereocenters. The first kappa shape index (κ1) is 66.9. The fourth-order valence-electron chi connectivity index (χ4n) is 7.94. The highest BCUT2D eigenvalue weighted by atomic mass is 32.1. The number of benzene rings is 3. The fourth-order valence-corrected chi connectivity index (χ4v) is 8.96. The second kappa shape index (κ2) is 33.2. The summed E-state index contributed by atoms with van der Waals surface area (Å²) < 4.78 is 1.74. The highest BCUT2D eigenvalue weighted by molar-refractivity contribution is 7.12. The van der Waals surface area contributed by atoms with Crippen molar-refractivity contribution in [3.05, 3.63) is 192 Å². The predicted molar refractivity (Wildman–Crippen MR) is 337 cm³/mol. The molecule has 4 aromatic heterocycles. The van der Waals surface area contributed by atoms with Crippen LogP contribution in [0.25, 0.3) is 10.8 Å². The summed E-state index contributed by atoms with van der Waals surface area (Å²) in [6.45, 7) is 52.3. The number of rotatable bonds is 12. The summed E-state index contributed by atoms with van der Waals surface area (Å²) in [6.07, 6.45) is 7.71. The number of thiophene rings is 1. The number of hydrogen-bond acceptors (Lipinski definition) is 5. The first-order valence-corrected chi connectivity index (χ1v) is 29.6. The van der Waals surface area contributed by atoms with E-state index in [1.54, 1.807) is 10.6 Å². The lowest BCUT2D eigenvalue weighted by atomic mass is 9.89. The Morgan fingerprint density at radius 3 is 1.04 bits per heavy atom. The molecule has 76 heavy (non-hydrogen) atoms. The van der Waals surface area contributed by atoms with Gasteiger partial charge >= 0.3 is 0 Å². The third kappa shape index (κ3) is 22.4. The van der Waals surface area contributed by atoms with Crippen LogP contribution in [-0.4, -0.2) is 19.5 Å². The molecule has 0 spiro atoms. The van der Waals surface area contributed by atoms with Gasteiger partial charge < -0.3 is 4.57 Å². The Labute approximate surface area is 468 Å². The number of hydrogen-bond donors (Lipinski definition) is 0. The molecule has 3 aromatic carbocycles. The van der Waals surface area contributed by atoms with Crippen molar-refractivity contribution in [3.8, 4) is 0 Å². The molecule has 5 nitrogen and oxygen atoms in total. The van der Waals surface area contributed by atoms with E-state index in [1.807, 2.05) is 56.0 Å². The van der Waals surface area contributed by atoms with Crippen molar-refractivity contribution in [2.75, 3.05) is 0 Å². The number of nitrogens with zero attached hydrogens (tertiary/aromatic N) is 4. The molecule has 0 radical (unpaired) electrons. The smallest absolute Gasteiger partial charge is 0.251 e. The Kier molecular flexibility index (Phi) is 29.2. The molecule has 0 fully saturated rings. The molecule has 6 heteroatoms. The molecule has 4 heterocycles. The Hall–Kier alpha value is -5.20. The van der Waals surface area contributed by atoms with Gasteiger partial charge in [0.2, 0.25) is 0 Å². The van der Waals surface area contributed by atoms with E-state index in [2.05, 4.69) is 252 Å². The predicted octanol–water partition coefficient (Wildman–Crippen LogP) is 21.6. The van der Waals surface area contributed by atoms with E-state index in [-0.39, 0.29) is 11.6 Å². The van der Waals surface area contributed by atoms with E-state index in [0.717, 1.165) is 11.4 Å². The van der Waals surface area contributed by atoms with Crippen LogP contribution >= 0.6 is 11.3 Å². The second-order valence-corrected chi connectivity index (χ2v) is 25.2. The molecule has 0 unspecified atom stereocenters. The maximum Gasteiger partial charge on any atom is 0.251 e. The summed E-state index contributed by atoms with van der Waals surface area (Å²) in [6, 6.07) is 35.1. The van der Waals surface area contributed by atoms with Crippen molar-refractivity contribution in [3.63, 3.8) is 0 Å². The van der Waals surface area contributed by atoms with Crippen molar-refractivity contribution in [1.29, 1.82) is 0 Å². The van der Waals surface area contributed by atoms with Crippen LogP contribution in [0.4, 0.5) is 0 Å². The van der Waals surface area contributed by atoms with Gasteiger partial charge in [-0.1, -0.05) is 219 Å². The average molecular weight is 1050 g/mol. The minimum Gasteiger partial charge on any atom is -0.313 e. The normalized spacial score (nSPS) is 11.3. The van der Waals surface area contributed by atoms with Gasteiger partial charge in [-0.2, -0.15) is 0 Å². The fraction of sp³-hybridized carbons (Fsp3) is 0.514. The number of aromatic nitrogens is 4. The average Bonchev–Trinajstić information content (AvgIpc) is 3.89. The standard InChI is InChI=1S/C16H20.C12H18.C11H17NO.C11H17N.C10H16N2.C10H16S/c1-11(2)13-9-10-14(12(3)4)16-8-6-5-7-15(13)16;1-9(2)11-5-7-12(8-6-11)10(3)4;1-8(2)10-5-6-12(9(3)4)11(13)7-10;1-8(2)10-5-6-11(9(3)4)12-7-10;1-7(2)9-5-11-10(8(3)4)12-6-9;1-7(2)9-5-6-10(11-9)8(3)4/h5-12H,1-4H3;5-10H,1-4H3;5-9H,1-4H3;5-9H,1-4H3;5-8H,1-4H3;5-8H,1-4H3. The van der Waals surface area contributed by atoms with Crippen molar-refractivity contribution in [2.45, 2.75) is 237 Å². The van der Waals surface area contributed by atoms with Crippen molar-refractivity contribution < 1.29 is 0 Å². The van der Waals surface area contributed by atoms with Crippen LogP contribution in [0, 0.1) is 0 Å². The van der Waals surface area contributed by atoms with Crippen LogP contribution in [0.3, 0.4) is 0 Å². The molecule has 0 saturated heterocycles. The van der Waals surface area contributed by atoms with Crippen LogP contribution in [0.15, 0.2) is 127 Å². The highest BCUT2D eigenvalue weighted by Gasteiger charge is 2.11. The van der Waals surface area contributed by atoms with Gasteiger partial charge in [-0.3, -0.25) is 9.78 Å². The molecule has 7 rings (SSSR count). The van der Waals surface area contributed by atoms with E-state index >= 15 is 0 Å². The maximum atomic E-state index is 11.5. The van der Waals surface area contributed by atoms with Crippen LogP contribution in [0.2, 0.25) is 0 Å². The summed E-state index contributed by atoms with van der Waals surface area (Å²) in [5, 5.41) is 2.84. The zero-order valence-corrected chi connectivity index (χ0v) is 52.9. The SMILES string of the molecule is CC(C)c1ccc(C(C)C)c2ccccc12.CC(C)c1ccc(C(C)C)cc1.CC(C)c1ccc(C(C)C)nc1.CC(C)c1ccc(C(C)C)s1.CC(C)c1ccn(C(C)C)c(=O)c1.CC(C)c1cnc(C(C)C)nc1. The maximum absolute atomic E-state index is 11.5. The van der Waals surface area contributed by atoms with Gasteiger partial charge in [-0.15, -0.1) is 11.3 Å². The van der Waals surface area contributed by atoms with Crippen molar-refractivity contribution in [1.82, 2.24) is 19.5 Å². The summed E-state index contributed by atoms with van der Waals surface area (Å²) >= 11 is 1.95. The Bertz CT molecular complexity index is 2450. The molecule has 0 amide bonds. The van der Waals surface area contributed by atoms with Crippen LogP contribution in [0.1, 0.15) is 298 Å². The lowest BCUT2D eigenvalue weighted by Crippen LogP contribution is -2.20. The van der Waals surface area contributed by atoms with Crippen LogP contribution in [0.5, 0.6) is 0 Å². The Morgan fingerprint density at radius 1 is 0.355 bits per heavy atom. The van der Waals surface area contributed by atoms with Gasteiger partial charge in [0.05, 0.1) is 0 Å². The number of pyridine rings is 2. The molecule has 0 aliphatic carbocycles. The molecule has 7 aromatic rings. The largest absolute Gasteiger partial charge is 0.313 e.